The number of carboxylic acid groups (broad SMARTS) is 2. The van der Waals surface area contributed by atoms with Crippen molar-refractivity contribution in [1.29, 1.82) is 0 Å². The maximum Gasteiger partial charge on any atom is 0.335 e. The van der Waals surface area contributed by atoms with Crippen LogP contribution in [0.15, 0.2) is 24.3 Å². The first-order valence-electron chi connectivity index (χ1n) is 10.8. The Morgan fingerprint density at radius 2 is 1.07 bits per heavy atom. The Hall–Kier alpha value is -2.04. The summed E-state index contributed by atoms with van der Waals surface area (Å²) in [7, 11) is 0. The van der Waals surface area contributed by atoms with E-state index in [1.54, 1.807) is 24.3 Å². The van der Waals surface area contributed by atoms with Gasteiger partial charge in [-0.15, -0.1) is 0 Å². The molecule has 1 rings (SSSR count). The number of carboxylic acids is 2. The number of carbonyl (C=O) groups is 2. The summed E-state index contributed by atoms with van der Waals surface area (Å²) in [6, 6.07) is 6.55. The first-order valence-corrected chi connectivity index (χ1v) is 10.8. The van der Waals surface area contributed by atoms with E-state index in [0.717, 1.165) is 25.0 Å². The zero-order valence-electron chi connectivity index (χ0n) is 17.0. The van der Waals surface area contributed by atoms with E-state index < -0.39 is 11.9 Å². The highest BCUT2D eigenvalue weighted by Gasteiger charge is 2.02. The molecule has 0 radical (unpaired) electrons. The zero-order valence-corrected chi connectivity index (χ0v) is 17.0. The molecular weight excluding hydrogens is 356 g/mol. The fraction of sp³-hybridized carbons (Fsp3) is 0.652. The van der Waals surface area contributed by atoms with Crippen LogP contribution in [0.1, 0.15) is 100 Å². The Morgan fingerprint density at radius 3 is 1.50 bits per heavy atom. The molecule has 5 heteroatoms. The first-order chi connectivity index (χ1) is 13.6. The minimum Gasteiger partial charge on any atom is -0.494 e. The van der Waals surface area contributed by atoms with Gasteiger partial charge in [0.05, 0.1) is 12.2 Å². The molecule has 0 saturated carbocycles. The van der Waals surface area contributed by atoms with E-state index in [-0.39, 0.29) is 5.56 Å². The van der Waals surface area contributed by atoms with Crippen LogP contribution in [-0.4, -0.2) is 28.8 Å². The summed E-state index contributed by atoms with van der Waals surface area (Å²) < 4.78 is 5.64. The van der Waals surface area contributed by atoms with Crippen LogP contribution in [0.4, 0.5) is 0 Å². The summed E-state index contributed by atoms with van der Waals surface area (Å²) in [5, 5.41) is 17.4. The van der Waals surface area contributed by atoms with Gasteiger partial charge < -0.3 is 14.9 Å². The standard InChI is InChI=1S/C23H36O5/c24-22(25)14-12-10-8-6-4-2-1-3-5-7-9-11-13-19-28-21-17-15-20(16-18-21)23(26)27/h15-18H,1-14,19H2,(H,24,25)(H,26,27). The molecule has 0 fully saturated rings. The van der Waals surface area contributed by atoms with E-state index in [0.29, 0.717) is 13.0 Å². The van der Waals surface area contributed by atoms with E-state index in [9.17, 15) is 9.59 Å². The lowest BCUT2D eigenvalue weighted by molar-refractivity contribution is -0.137. The lowest BCUT2D eigenvalue weighted by atomic mass is 10.0. The molecule has 0 aliphatic carbocycles. The van der Waals surface area contributed by atoms with Crippen molar-refractivity contribution in [3.05, 3.63) is 29.8 Å². The number of hydrogen-bond donors (Lipinski definition) is 2. The van der Waals surface area contributed by atoms with Gasteiger partial charge in [0.2, 0.25) is 0 Å². The SMILES string of the molecule is O=C(O)CCCCCCCCCCCCCCCOc1ccc(C(=O)O)cc1. The van der Waals surface area contributed by atoms with Crippen LogP contribution >= 0.6 is 0 Å². The van der Waals surface area contributed by atoms with Crippen LogP contribution in [0.25, 0.3) is 0 Å². The van der Waals surface area contributed by atoms with Crippen LogP contribution < -0.4 is 4.74 Å². The van der Waals surface area contributed by atoms with Crippen molar-refractivity contribution in [2.45, 2.75) is 89.9 Å². The number of aromatic carboxylic acids is 1. The molecule has 0 spiro atoms. The summed E-state index contributed by atoms with van der Waals surface area (Å²) in [5.74, 6) is -0.869. The number of benzene rings is 1. The van der Waals surface area contributed by atoms with Crippen LogP contribution in [-0.2, 0) is 4.79 Å². The predicted octanol–water partition coefficient (Wildman–Crippen LogP) is 6.31. The molecule has 2 N–H and O–H groups in total. The molecule has 28 heavy (non-hydrogen) atoms. The van der Waals surface area contributed by atoms with E-state index >= 15 is 0 Å². The third-order valence-corrected chi connectivity index (χ3v) is 4.90. The van der Waals surface area contributed by atoms with Gasteiger partial charge in [0.1, 0.15) is 5.75 Å². The highest BCUT2D eigenvalue weighted by Crippen LogP contribution is 2.15. The molecule has 0 bridgehead atoms. The molecule has 0 atom stereocenters. The molecule has 5 nitrogen and oxygen atoms in total. The molecule has 0 aromatic heterocycles. The second-order valence-electron chi connectivity index (χ2n) is 7.42. The third-order valence-electron chi connectivity index (χ3n) is 4.90. The molecule has 1 aromatic carbocycles. The van der Waals surface area contributed by atoms with Crippen LogP contribution in [0, 0.1) is 0 Å². The predicted molar refractivity (Wildman–Crippen MR) is 111 cm³/mol. The maximum absolute atomic E-state index is 10.8. The van der Waals surface area contributed by atoms with Crippen molar-refractivity contribution in [3.63, 3.8) is 0 Å². The smallest absolute Gasteiger partial charge is 0.335 e. The average molecular weight is 393 g/mol. The summed E-state index contributed by atoms with van der Waals surface area (Å²) >= 11 is 0. The maximum atomic E-state index is 10.8. The van der Waals surface area contributed by atoms with Gasteiger partial charge in [-0.05, 0) is 37.1 Å². The Morgan fingerprint density at radius 1 is 0.643 bits per heavy atom. The quantitative estimate of drug-likeness (QED) is 0.286. The van der Waals surface area contributed by atoms with E-state index in [2.05, 4.69) is 0 Å². The van der Waals surface area contributed by atoms with E-state index in [1.807, 2.05) is 0 Å². The number of ether oxygens (including phenoxy) is 1. The third kappa shape index (κ3) is 13.2. The monoisotopic (exact) mass is 392 g/mol. The number of rotatable bonds is 18. The first kappa shape index (κ1) is 24.0. The number of aliphatic carboxylic acids is 1. The van der Waals surface area contributed by atoms with Crippen molar-refractivity contribution >= 4 is 11.9 Å². The van der Waals surface area contributed by atoms with Gasteiger partial charge in [0.15, 0.2) is 0 Å². The summed E-state index contributed by atoms with van der Waals surface area (Å²) in [4.78, 5) is 21.2. The lowest BCUT2D eigenvalue weighted by Crippen LogP contribution is -1.99. The van der Waals surface area contributed by atoms with Crippen molar-refractivity contribution in [1.82, 2.24) is 0 Å². The second kappa shape index (κ2) is 16.0. The van der Waals surface area contributed by atoms with Gasteiger partial charge in [-0.1, -0.05) is 70.6 Å². The Bertz CT molecular complexity index is 538. The van der Waals surface area contributed by atoms with Crippen molar-refractivity contribution in [2.24, 2.45) is 0 Å². The molecular formula is C23H36O5. The van der Waals surface area contributed by atoms with Gasteiger partial charge in [0, 0.05) is 6.42 Å². The van der Waals surface area contributed by atoms with Gasteiger partial charge in [-0.25, -0.2) is 4.79 Å². The van der Waals surface area contributed by atoms with Gasteiger partial charge >= 0.3 is 11.9 Å². The average Bonchev–Trinajstić information content (AvgIpc) is 2.67. The molecule has 0 aliphatic heterocycles. The molecule has 1 aromatic rings. The van der Waals surface area contributed by atoms with Crippen molar-refractivity contribution < 1.29 is 24.5 Å². The molecule has 0 aliphatic rings. The van der Waals surface area contributed by atoms with Crippen LogP contribution in [0.5, 0.6) is 5.75 Å². The number of hydrogen-bond acceptors (Lipinski definition) is 3. The lowest BCUT2D eigenvalue weighted by Gasteiger charge is -2.06. The normalized spacial score (nSPS) is 10.7. The topological polar surface area (TPSA) is 83.8 Å². The van der Waals surface area contributed by atoms with Crippen molar-refractivity contribution in [3.8, 4) is 5.75 Å². The summed E-state index contributed by atoms with van der Waals surface area (Å²) in [6.07, 6.45) is 15.8. The largest absolute Gasteiger partial charge is 0.494 e. The highest BCUT2D eigenvalue weighted by atomic mass is 16.5. The van der Waals surface area contributed by atoms with Crippen LogP contribution in [0.2, 0.25) is 0 Å². The molecule has 0 amide bonds. The fourth-order valence-corrected chi connectivity index (χ4v) is 3.21. The van der Waals surface area contributed by atoms with E-state index in [1.165, 1.54) is 64.2 Å². The minimum atomic E-state index is -0.917. The zero-order chi connectivity index (χ0) is 20.5. The molecule has 0 unspecified atom stereocenters. The molecule has 0 heterocycles. The highest BCUT2D eigenvalue weighted by molar-refractivity contribution is 5.87. The molecule has 158 valence electrons. The van der Waals surface area contributed by atoms with E-state index in [4.69, 9.17) is 14.9 Å². The fourth-order valence-electron chi connectivity index (χ4n) is 3.21. The minimum absolute atomic E-state index is 0.281. The number of unbranched alkanes of at least 4 members (excludes halogenated alkanes) is 12. The summed E-state index contributed by atoms with van der Waals surface area (Å²) in [6.45, 7) is 0.679. The Balaban J connectivity index is 1.80. The van der Waals surface area contributed by atoms with Gasteiger partial charge in [0.25, 0.3) is 0 Å². The van der Waals surface area contributed by atoms with Crippen LogP contribution in [0.3, 0.4) is 0 Å². The second-order valence-corrected chi connectivity index (χ2v) is 7.42. The molecule has 0 saturated heterocycles. The Kier molecular flexibility index (Phi) is 13.7. The van der Waals surface area contributed by atoms with Gasteiger partial charge in [-0.2, -0.15) is 0 Å². The van der Waals surface area contributed by atoms with Gasteiger partial charge in [-0.3, -0.25) is 4.79 Å². The Labute approximate surface area is 169 Å². The summed E-state index contributed by atoms with van der Waals surface area (Å²) in [5.41, 5.74) is 0.281. The van der Waals surface area contributed by atoms with Crippen molar-refractivity contribution in [2.75, 3.05) is 6.61 Å².